The van der Waals surface area contributed by atoms with Crippen molar-refractivity contribution >= 4 is 22.0 Å². The standard InChI is InChI=1S/C19H19FN2O3S/c20-18-8-4-7-17(15-18)19(23)21-10-12-22(13-11-21)26(24,25)14-9-16-5-2-1-3-6-16/h1-9,14-15H,10-13H2/b14-9+. The van der Waals surface area contributed by atoms with Gasteiger partial charge in [0.25, 0.3) is 5.91 Å². The van der Waals surface area contributed by atoms with Crippen LogP contribution >= 0.6 is 0 Å². The maximum absolute atomic E-state index is 13.3. The molecule has 1 aliphatic heterocycles. The zero-order chi connectivity index (χ0) is 18.6. The highest BCUT2D eigenvalue weighted by Gasteiger charge is 2.27. The van der Waals surface area contributed by atoms with Crippen molar-refractivity contribution in [3.05, 3.63) is 76.9 Å². The van der Waals surface area contributed by atoms with Gasteiger partial charge in [0.15, 0.2) is 0 Å². The van der Waals surface area contributed by atoms with E-state index in [1.54, 1.807) is 17.0 Å². The maximum Gasteiger partial charge on any atom is 0.254 e. The summed E-state index contributed by atoms with van der Waals surface area (Å²) in [4.78, 5) is 13.9. The first-order valence-electron chi connectivity index (χ1n) is 8.24. The lowest BCUT2D eigenvalue weighted by molar-refractivity contribution is 0.0698. The number of hydrogen-bond acceptors (Lipinski definition) is 3. The van der Waals surface area contributed by atoms with Crippen LogP contribution in [0.1, 0.15) is 15.9 Å². The first-order valence-corrected chi connectivity index (χ1v) is 9.74. The molecular weight excluding hydrogens is 355 g/mol. The van der Waals surface area contributed by atoms with E-state index in [1.807, 2.05) is 30.3 Å². The minimum atomic E-state index is -3.55. The Hall–Kier alpha value is -2.51. The summed E-state index contributed by atoms with van der Waals surface area (Å²) in [7, 11) is -3.55. The highest BCUT2D eigenvalue weighted by Crippen LogP contribution is 2.14. The Bertz CT molecular complexity index is 905. The van der Waals surface area contributed by atoms with Gasteiger partial charge in [-0.25, -0.2) is 12.8 Å². The Morgan fingerprint density at radius 3 is 2.31 bits per heavy atom. The summed E-state index contributed by atoms with van der Waals surface area (Å²) in [6, 6.07) is 14.7. The number of halogens is 1. The van der Waals surface area contributed by atoms with E-state index in [2.05, 4.69) is 0 Å². The first kappa shape index (κ1) is 18.3. The summed E-state index contributed by atoms with van der Waals surface area (Å²) < 4.78 is 39.5. The largest absolute Gasteiger partial charge is 0.336 e. The minimum absolute atomic E-state index is 0.211. The predicted molar refractivity (Wildman–Crippen MR) is 98.3 cm³/mol. The van der Waals surface area contributed by atoms with Gasteiger partial charge in [0.1, 0.15) is 5.82 Å². The second-order valence-corrected chi connectivity index (χ2v) is 7.78. The molecule has 0 bridgehead atoms. The molecule has 0 saturated carbocycles. The third-order valence-electron chi connectivity index (χ3n) is 4.19. The molecule has 2 aromatic carbocycles. The molecular formula is C19H19FN2O3S. The number of piperazine rings is 1. The summed E-state index contributed by atoms with van der Waals surface area (Å²) in [5.74, 6) is -0.760. The topological polar surface area (TPSA) is 57.7 Å². The molecule has 136 valence electrons. The van der Waals surface area contributed by atoms with E-state index in [4.69, 9.17) is 0 Å². The lowest BCUT2D eigenvalue weighted by atomic mass is 10.2. The van der Waals surface area contributed by atoms with E-state index in [1.165, 1.54) is 27.9 Å². The van der Waals surface area contributed by atoms with Crippen LogP contribution in [-0.4, -0.2) is 49.7 Å². The van der Waals surface area contributed by atoms with E-state index < -0.39 is 15.8 Å². The zero-order valence-electron chi connectivity index (χ0n) is 14.1. The van der Waals surface area contributed by atoms with Gasteiger partial charge in [-0.3, -0.25) is 4.79 Å². The highest BCUT2D eigenvalue weighted by molar-refractivity contribution is 7.92. The van der Waals surface area contributed by atoms with Gasteiger partial charge >= 0.3 is 0 Å². The van der Waals surface area contributed by atoms with Crippen LogP contribution in [0.15, 0.2) is 60.0 Å². The predicted octanol–water partition coefficient (Wildman–Crippen LogP) is 2.58. The molecule has 5 nitrogen and oxygen atoms in total. The van der Waals surface area contributed by atoms with Crippen molar-refractivity contribution in [1.82, 2.24) is 9.21 Å². The van der Waals surface area contributed by atoms with Crippen LogP contribution in [-0.2, 0) is 10.0 Å². The third kappa shape index (κ3) is 4.36. The lowest BCUT2D eigenvalue weighted by Crippen LogP contribution is -2.50. The van der Waals surface area contributed by atoms with Crippen molar-refractivity contribution in [2.24, 2.45) is 0 Å². The van der Waals surface area contributed by atoms with Crippen molar-refractivity contribution in [2.45, 2.75) is 0 Å². The normalized spacial score (nSPS) is 16.1. The molecule has 1 fully saturated rings. The van der Waals surface area contributed by atoms with Crippen LogP contribution in [0.2, 0.25) is 0 Å². The van der Waals surface area contributed by atoms with Crippen LogP contribution in [0, 0.1) is 5.82 Å². The monoisotopic (exact) mass is 374 g/mol. The molecule has 26 heavy (non-hydrogen) atoms. The molecule has 0 aromatic heterocycles. The van der Waals surface area contributed by atoms with Crippen LogP contribution < -0.4 is 0 Å². The molecule has 0 N–H and O–H groups in total. The molecule has 1 aliphatic rings. The molecule has 2 aromatic rings. The molecule has 0 unspecified atom stereocenters. The summed E-state index contributed by atoms with van der Waals surface area (Å²) in [5, 5.41) is 1.19. The number of hydrogen-bond donors (Lipinski definition) is 0. The van der Waals surface area contributed by atoms with Crippen molar-refractivity contribution < 1.29 is 17.6 Å². The Kier molecular flexibility index (Phi) is 5.49. The number of carbonyl (C=O) groups excluding carboxylic acids is 1. The SMILES string of the molecule is O=C(c1cccc(F)c1)N1CCN(S(=O)(=O)/C=C/c2ccccc2)CC1. The summed E-state index contributed by atoms with van der Waals surface area (Å²) >= 11 is 0. The fourth-order valence-electron chi connectivity index (χ4n) is 2.76. The zero-order valence-corrected chi connectivity index (χ0v) is 14.9. The summed E-state index contributed by atoms with van der Waals surface area (Å²) in [5.41, 5.74) is 1.07. The van der Waals surface area contributed by atoms with Gasteiger partial charge in [0, 0.05) is 37.2 Å². The quantitative estimate of drug-likeness (QED) is 0.827. The van der Waals surface area contributed by atoms with Crippen LogP contribution in [0.4, 0.5) is 4.39 Å². The fraction of sp³-hybridized carbons (Fsp3) is 0.211. The number of benzene rings is 2. The van der Waals surface area contributed by atoms with Crippen molar-refractivity contribution in [1.29, 1.82) is 0 Å². The molecule has 0 radical (unpaired) electrons. The Morgan fingerprint density at radius 2 is 1.65 bits per heavy atom. The van der Waals surface area contributed by atoms with E-state index in [0.717, 1.165) is 5.56 Å². The molecule has 1 saturated heterocycles. The number of sulfonamides is 1. The molecule has 7 heteroatoms. The van der Waals surface area contributed by atoms with Gasteiger partial charge in [-0.05, 0) is 29.8 Å². The average molecular weight is 374 g/mol. The summed E-state index contributed by atoms with van der Waals surface area (Å²) in [6.07, 6.45) is 1.56. The van der Waals surface area contributed by atoms with Gasteiger partial charge < -0.3 is 4.90 Å². The average Bonchev–Trinajstić information content (AvgIpc) is 2.67. The second-order valence-electron chi connectivity index (χ2n) is 5.96. The Morgan fingerprint density at radius 1 is 0.962 bits per heavy atom. The number of amides is 1. The summed E-state index contributed by atoms with van der Waals surface area (Å²) in [6.45, 7) is 0.965. The number of rotatable bonds is 4. The molecule has 1 amide bonds. The van der Waals surface area contributed by atoms with E-state index in [9.17, 15) is 17.6 Å². The maximum atomic E-state index is 13.3. The minimum Gasteiger partial charge on any atom is -0.336 e. The third-order valence-corrected chi connectivity index (χ3v) is 5.75. The number of carbonyl (C=O) groups is 1. The van der Waals surface area contributed by atoms with Gasteiger partial charge in [0.05, 0.1) is 0 Å². The van der Waals surface area contributed by atoms with Gasteiger partial charge in [-0.1, -0.05) is 36.4 Å². The lowest BCUT2D eigenvalue weighted by Gasteiger charge is -2.33. The molecule has 0 atom stereocenters. The number of nitrogens with zero attached hydrogens (tertiary/aromatic N) is 2. The van der Waals surface area contributed by atoms with Gasteiger partial charge in [-0.2, -0.15) is 4.31 Å². The highest BCUT2D eigenvalue weighted by atomic mass is 32.2. The van der Waals surface area contributed by atoms with Crippen LogP contribution in [0.3, 0.4) is 0 Å². The Balaban J connectivity index is 1.62. The van der Waals surface area contributed by atoms with Crippen LogP contribution in [0.5, 0.6) is 0 Å². The van der Waals surface area contributed by atoms with Gasteiger partial charge in [-0.15, -0.1) is 0 Å². The molecule has 1 heterocycles. The van der Waals surface area contributed by atoms with Crippen LogP contribution in [0.25, 0.3) is 6.08 Å². The van der Waals surface area contributed by atoms with E-state index >= 15 is 0 Å². The second kappa shape index (κ2) is 7.80. The van der Waals surface area contributed by atoms with E-state index in [-0.39, 0.29) is 37.6 Å². The first-order chi connectivity index (χ1) is 12.5. The molecule has 0 aliphatic carbocycles. The Labute approximate surface area is 152 Å². The van der Waals surface area contributed by atoms with Crippen molar-refractivity contribution in [3.8, 4) is 0 Å². The van der Waals surface area contributed by atoms with Crippen molar-refractivity contribution in [3.63, 3.8) is 0 Å². The van der Waals surface area contributed by atoms with Crippen molar-refractivity contribution in [2.75, 3.05) is 26.2 Å². The molecule has 0 spiro atoms. The smallest absolute Gasteiger partial charge is 0.254 e. The fourth-order valence-corrected chi connectivity index (χ4v) is 3.94. The molecule has 3 rings (SSSR count). The van der Waals surface area contributed by atoms with E-state index in [0.29, 0.717) is 0 Å². The van der Waals surface area contributed by atoms with Gasteiger partial charge in [0.2, 0.25) is 10.0 Å².